The van der Waals surface area contributed by atoms with Gasteiger partial charge in [-0.2, -0.15) is 0 Å². The van der Waals surface area contributed by atoms with Crippen LogP contribution in [0.25, 0.3) is 0 Å². The van der Waals surface area contributed by atoms with Crippen molar-refractivity contribution in [3.63, 3.8) is 0 Å². The molecule has 0 saturated heterocycles. The fraction of sp³-hybridized carbons (Fsp3) is 0.222. The zero-order valence-electron chi connectivity index (χ0n) is 13.3. The highest BCUT2D eigenvalue weighted by Crippen LogP contribution is 2.45. The number of thiophene rings is 1. The number of aliphatic hydroxyl groups excluding tert-OH is 1. The summed E-state index contributed by atoms with van der Waals surface area (Å²) in [6.07, 6.45) is 0.183. The second kappa shape index (κ2) is 6.13. The summed E-state index contributed by atoms with van der Waals surface area (Å²) < 4.78 is 0. The number of Topliss-reactive ketones (excluding diaryl/α,β-unsaturated/α-hetero) is 1. The first-order valence-electron chi connectivity index (χ1n) is 7.58. The minimum absolute atomic E-state index is 0.0755. The zero-order valence-corrected chi connectivity index (χ0v) is 14.1. The molecular formula is C18H17NO4S. The number of hydrogen-bond donors (Lipinski definition) is 2. The molecule has 2 aromatic rings. The SMILES string of the molecule is CCC(=O)C1=C(O)C(=O)N(c2cc(C)ccc2O)C1c1cccs1. The summed E-state index contributed by atoms with van der Waals surface area (Å²) >= 11 is 1.39. The maximum atomic E-state index is 12.7. The van der Waals surface area contributed by atoms with Gasteiger partial charge in [-0.15, -0.1) is 11.3 Å². The van der Waals surface area contributed by atoms with Gasteiger partial charge in [0.1, 0.15) is 11.8 Å². The number of aryl methyl sites for hydroxylation is 1. The van der Waals surface area contributed by atoms with Gasteiger partial charge in [0.2, 0.25) is 0 Å². The van der Waals surface area contributed by atoms with E-state index < -0.39 is 17.7 Å². The molecule has 1 aromatic heterocycles. The molecule has 3 rings (SSSR count). The lowest BCUT2D eigenvalue weighted by atomic mass is 10.00. The Morgan fingerprint density at radius 2 is 2.04 bits per heavy atom. The van der Waals surface area contributed by atoms with Crippen LogP contribution in [0.5, 0.6) is 5.75 Å². The fourth-order valence-electron chi connectivity index (χ4n) is 2.87. The third-order valence-corrected chi connectivity index (χ3v) is 4.96. The summed E-state index contributed by atoms with van der Waals surface area (Å²) in [5.41, 5.74) is 1.23. The summed E-state index contributed by atoms with van der Waals surface area (Å²) in [7, 11) is 0. The molecule has 0 saturated carbocycles. The van der Waals surface area contributed by atoms with Crippen LogP contribution in [0.1, 0.15) is 29.8 Å². The zero-order chi connectivity index (χ0) is 17.4. The van der Waals surface area contributed by atoms with E-state index in [4.69, 9.17) is 0 Å². The molecule has 2 heterocycles. The van der Waals surface area contributed by atoms with Gasteiger partial charge in [0.15, 0.2) is 11.5 Å². The maximum Gasteiger partial charge on any atom is 0.294 e. The van der Waals surface area contributed by atoms with Crippen molar-refractivity contribution in [2.45, 2.75) is 26.3 Å². The van der Waals surface area contributed by atoms with Crippen molar-refractivity contribution in [1.82, 2.24) is 0 Å². The number of anilines is 1. The van der Waals surface area contributed by atoms with Crippen LogP contribution in [0.4, 0.5) is 5.69 Å². The standard InChI is InChI=1S/C18H17NO4S/c1-3-12(20)15-16(14-5-4-8-24-14)19(18(23)17(15)22)11-9-10(2)6-7-13(11)21/h4-9,16,21-22H,3H2,1-2H3. The van der Waals surface area contributed by atoms with Gasteiger partial charge in [-0.05, 0) is 36.1 Å². The molecule has 24 heavy (non-hydrogen) atoms. The van der Waals surface area contributed by atoms with Crippen LogP contribution in [0, 0.1) is 6.92 Å². The average Bonchev–Trinajstić information content (AvgIpc) is 3.17. The number of aliphatic hydroxyl groups is 1. The lowest BCUT2D eigenvalue weighted by molar-refractivity contribution is -0.118. The van der Waals surface area contributed by atoms with Crippen molar-refractivity contribution >= 4 is 28.7 Å². The number of carbonyl (C=O) groups is 2. The van der Waals surface area contributed by atoms with Crippen LogP contribution in [0.15, 0.2) is 47.0 Å². The van der Waals surface area contributed by atoms with Crippen LogP contribution >= 0.6 is 11.3 Å². The number of carbonyl (C=O) groups excluding carboxylic acids is 2. The summed E-state index contributed by atoms with van der Waals surface area (Å²) in [5.74, 6) is -1.57. The van der Waals surface area contributed by atoms with E-state index in [1.165, 1.54) is 22.3 Å². The number of ketones is 1. The molecule has 0 radical (unpaired) electrons. The van der Waals surface area contributed by atoms with E-state index in [1.54, 1.807) is 19.1 Å². The quantitative estimate of drug-likeness (QED) is 0.888. The van der Waals surface area contributed by atoms with Crippen molar-refractivity contribution in [3.05, 3.63) is 57.5 Å². The summed E-state index contributed by atoms with van der Waals surface area (Å²) in [6, 6.07) is 7.80. The Kier molecular flexibility index (Phi) is 4.15. The number of aromatic hydroxyl groups is 1. The predicted octanol–water partition coefficient (Wildman–Crippen LogP) is 3.64. The van der Waals surface area contributed by atoms with Crippen LogP contribution in [0.3, 0.4) is 0 Å². The molecule has 0 fully saturated rings. The first-order valence-corrected chi connectivity index (χ1v) is 8.46. The van der Waals surface area contributed by atoms with E-state index in [2.05, 4.69) is 0 Å². The molecule has 1 aliphatic heterocycles. The Bertz CT molecular complexity index is 839. The number of phenols is 1. The van der Waals surface area contributed by atoms with E-state index in [1.807, 2.05) is 24.4 Å². The van der Waals surface area contributed by atoms with E-state index in [9.17, 15) is 19.8 Å². The van der Waals surface area contributed by atoms with Crippen LogP contribution in [-0.2, 0) is 9.59 Å². The molecule has 0 aliphatic carbocycles. The first-order chi connectivity index (χ1) is 11.5. The Hall–Kier alpha value is -2.60. The largest absolute Gasteiger partial charge is 0.506 e. The molecular weight excluding hydrogens is 326 g/mol. The van der Waals surface area contributed by atoms with Gasteiger partial charge in [0, 0.05) is 11.3 Å². The van der Waals surface area contributed by atoms with E-state index in [-0.39, 0.29) is 29.2 Å². The normalized spacial score (nSPS) is 17.7. The molecule has 0 spiro atoms. The molecule has 1 aromatic carbocycles. The van der Waals surface area contributed by atoms with E-state index in [0.717, 1.165) is 10.4 Å². The Morgan fingerprint density at radius 3 is 2.67 bits per heavy atom. The minimum Gasteiger partial charge on any atom is -0.506 e. The van der Waals surface area contributed by atoms with Crippen molar-refractivity contribution in [2.75, 3.05) is 4.90 Å². The molecule has 2 N–H and O–H groups in total. The third-order valence-electron chi connectivity index (χ3n) is 4.03. The van der Waals surface area contributed by atoms with Crippen LogP contribution in [0.2, 0.25) is 0 Å². The lowest BCUT2D eigenvalue weighted by Gasteiger charge is -2.26. The topological polar surface area (TPSA) is 77.8 Å². The van der Waals surface area contributed by atoms with Crippen molar-refractivity contribution < 1.29 is 19.8 Å². The Balaban J connectivity index is 2.21. The monoisotopic (exact) mass is 343 g/mol. The van der Waals surface area contributed by atoms with Crippen molar-refractivity contribution in [3.8, 4) is 5.75 Å². The number of amides is 1. The summed E-state index contributed by atoms with van der Waals surface area (Å²) in [4.78, 5) is 27.1. The molecule has 0 bridgehead atoms. The minimum atomic E-state index is -0.724. The average molecular weight is 343 g/mol. The van der Waals surface area contributed by atoms with Gasteiger partial charge in [0.05, 0.1) is 11.3 Å². The highest BCUT2D eigenvalue weighted by molar-refractivity contribution is 7.10. The number of nitrogens with zero attached hydrogens (tertiary/aromatic N) is 1. The Labute approximate surface area is 143 Å². The van der Waals surface area contributed by atoms with Gasteiger partial charge in [-0.25, -0.2) is 0 Å². The number of benzene rings is 1. The van der Waals surface area contributed by atoms with Gasteiger partial charge in [0.25, 0.3) is 5.91 Å². The molecule has 124 valence electrons. The molecule has 5 nitrogen and oxygen atoms in total. The third kappa shape index (κ3) is 2.49. The van der Waals surface area contributed by atoms with Crippen molar-refractivity contribution in [2.24, 2.45) is 0 Å². The summed E-state index contributed by atoms with van der Waals surface area (Å²) in [6.45, 7) is 3.53. The molecule has 6 heteroatoms. The maximum absolute atomic E-state index is 12.7. The second-order valence-electron chi connectivity index (χ2n) is 5.62. The smallest absolute Gasteiger partial charge is 0.294 e. The van der Waals surface area contributed by atoms with Gasteiger partial charge >= 0.3 is 0 Å². The first kappa shape index (κ1) is 16.3. The predicted molar refractivity (Wildman–Crippen MR) is 92.3 cm³/mol. The Morgan fingerprint density at radius 1 is 1.29 bits per heavy atom. The highest BCUT2D eigenvalue weighted by Gasteiger charge is 2.45. The van der Waals surface area contributed by atoms with Crippen LogP contribution < -0.4 is 4.90 Å². The van der Waals surface area contributed by atoms with Gasteiger partial charge in [-0.3, -0.25) is 14.5 Å². The van der Waals surface area contributed by atoms with E-state index >= 15 is 0 Å². The fourth-order valence-corrected chi connectivity index (χ4v) is 3.69. The van der Waals surface area contributed by atoms with E-state index in [0.29, 0.717) is 0 Å². The van der Waals surface area contributed by atoms with Gasteiger partial charge in [-0.1, -0.05) is 19.1 Å². The molecule has 1 atom stereocenters. The number of phenolic OH excluding ortho intramolecular Hbond substituents is 1. The van der Waals surface area contributed by atoms with Crippen molar-refractivity contribution in [1.29, 1.82) is 0 Å². The second-order valence-corrected chi connectivity index (χ2v) is 6.60. The van der Waals surface area contributed by atoms with Gasteiger partial charge < -0.3 is 10.2 Å². The molecule has 1 amide bonds. The number of hydrogen-bond acceptors (Lipinski definition) is 5. The highest BCUT2D eigenvalue weighted by atomic mass is 32.1. The molecule has 1 aliphatic rings. The summed E-state index contributed by atoms with van der Waals surface area (Å²) in [5, 5.41) is 22.4. The molecule has 1 unspecified atom stereocenters. The lowest BCUT2D eigenvalue weighted by Crippen LogP contribution is -2.30. The van der Waals surface area contributed by atoms with Crippen LogP contribution in [-0.4, -0.2) is 21.9 Å². The number of rotatable bonds is 4.